The monoisotopic (exact) mass is 275 g/mol. The highest BCUT2D eigenvalue weighted by Gasteiger charge is 2.09. The van der Waals surface area contributed by atoms with E-state index in [4.69, 9.17) is 9.47 Å². The van der Waals surface area contributed by atoms with Gasteiger partial charge in [-0.3, -0.25) is 0 Å². The molecule has 0 atom stereocenters. The van der Waals surface area contributed by atoms with Crippen LogP contribution in [0.3, 0.4) is 0 Å². The molecule has 1 aromatic carbocycles. The number of aromatic nitrogens is 1. The molecule has 20 heavy (non-hydrogen) atoms. The fourth-order valence-electron chi connectivity index (χ4n) is 1.62. The van der Waals surface area contributed by atoms with Crippen LogP contribution in [0.5, 0.6) is 5.88 Å². The molecule has 0 aliphatic rings. The summed E-state index contributed by atoms with van der Waals surface area (Å²) in [6.45, 7) is 2.31. The van der Waals surface area contributed by atoms with Gasteiger partial charge in [0.1, 0.15) is 12.4 Å². The van der Waals surface area contributed by atoms with Crippen LogP contribution in [0.25, 0.3) is 0 Å². The van der Waals surface area contributed by atoms with Crippen molar-refractivity contribution in [3.05, 3.63) is 59.5 Å². The second-order valence-corrected chi connectivity index (χ2v) is 4.02. The Balaban J connectivity index is 1.99. The summed E-state index contributed by atoms with van der Waals surface area (Å²) in [4.78, 5) is 15.8. The molecule has 0 amide bonds. The summed E-state index contributed by atoms with van der Waals surface area (Å²) < 4.78 is 23.3. The Hall–Kier alpha value is -2.43. The fraction of sp³-hybridized carbons (Fsp3) is 0.200. The van der Waals surface area contributed by atoms with Gasteiger partial charge in [0.05, 0.1) is 12.2 Å². The Kier molecular flexibility index (Phi) is 4.65. The molecule has 2 aromatic rings. The van der Waals surface area contributed by atoms with Gasteiger partial charge in [0.25, 0.3) is 0 Å². The van der Waals surface area contributed by atoms with E-state index in [0.29, 0.717) is 23.6 Å². The maximum absolute atomic E-state index is 13.0. The van der Waals surface area contributed by atoms with Crippen molar-refractivity contribution in [1.82, 2.24) is 4.98 Å². The molecule has 0 spiro atoms. The third kappa shape index (κ3) is 3.78. The lowest BCUT2D eigenvalue weighted by Gasteiger charge is -2.06. The zero-order chi connectivity index (χ0) is 14.4. The quantitative estimate of drug-likeness (QED) is 0.787. The molecule has 0 fully saturated rings. The van der Waals surface area contributed by atoms with Gasteiger partial charge in [-0.2, -0.15) is 0 Å². The summed E-state index contributed by atoms with van der Waals surface area (Å²) >= 11 is 0. The lowest BCUT2D eigenvalue weighted by molar-refractivity contribution is 0.0471. The van der Waals surface area contributed by atoms with Crippen molar-refractivity contribution in [3.63, 3.8) is 0 Å². The molecule has 4 nitrogen and oxygen atoms in total. The topological polar surface area (TPSA) is 48.4 Å². The average molecular weight is 275 g/mol. The summed E-state index contributed by atoms with van der Waals surface area (Å²) in [7, 11) is 0. The Morgan fingerprint density at radius 2 is 2.15 bits per heavy atom. The van der Waals surface area contributed by atoms with Gasteiger partial charge >= 0.3 is 5.97 Å². The van der Waals surface area contributed by atoms with Crippen molar-refractivity contribution in [2.45, 2.75) is 13.5 Å². The molecule has 0 saturated carbocycles. The van der Waals surface area contributed by atoms with Crippen LogP contribution in [0.2, 0.25) is 0 Å². The number of carbonyl (C=O) groups excluding carboxylic acids is 1. The molecule has 1 heterocycles. The van der Waals surface area contributed by atoms with Crippen molar-refractivity contribution in [2.24, 2.45) is 0 Å². The van der Waals surface area contributed by atoms with Crippen molar-refractivity contribution >= 4 is 5.97 Å². The van der Waals surface area contributed by atoms with Crippen LogP contribution in [0.15, 0.2) is 42.6 Å². The van der Waals surface area contributed by atoms with Crippen molar-refractivity contribution in [2.75, 3.05) is 6.61 Å². The van der Waals surface area contributed by atoms with Crippen molar-refractivity contribution in [1.29, 1.82) is 0 Å². The molecule has 0 radical (unpaired) electrons. The minimum atomic E-state index is -0.502. The maximum atomic E-state index is 13.0. The summed E-state index contributed by atoms with van der Waals surface area (Å²) in [6, 6.07) is 8.97. The summed E-state index contributed by atoms with van der Waals surface area (Å²) in [6.07, 6.45) is 1.48. The molecule has 5 heteroatoms. The summed E-state index contributed by atoms with van der Waals surface area (Å²) in [5, 5.41) is 0. The first-order valence-corrected chi connectivity index (χ1v) is 6.19. The number of benzene rings is 1. The van der Waals surface area contributed by atoms with Crippen LogP contribution >= 0.6 is 0 Å². The van der Waals surface area contributed by atoms with Gasteiger partial charge in [0.2, 0.25) is 5.88 Å². The minimum Gasteiger partial charge on any atom is -0.478 e. The maximum Gasteiger partial charge on any atom is 0.338 e. The predicted molar refractivity (Wildman–Crippen MR) is 70.9 cm³/mol. The van der Waals surface area contributed by atoms with Crippen LogP contribution < -0.4 is 4.74 Å². The van der Waals surface area contributed by atoms with Gasteiger partial charge in [-0.25, -0.2) is 14.2 Å². The van der Waals surface area contributed by atoms with Gasteiger partial charge in [-0.05, 0) is 30.7 Å². The molecule has 0 bridgehead atoms. The molecule has 2 rings (SSSR count). The second kappa shape index (κ2) is 6.65. The number of halogens is 1. The molecule has 1 aromatic heterocycles. The fourth-order valence-corrected chi connectivity index (χ4v) is 1.62. The van der Waals surface area contributed by atoms with Crippen molar-refractivity contribution in [3.8, 4) is 5.88 Å². The SMILES string of the molecule is CCOc1cc(C(=O)OCc2cccc(F)c2)ccn1. The molecule has 0 saturated heterocycles. The van der Waals surface area contributed by atoms with E-state index in [1.807, 2.05) is 6.92 Å². The van der Waals surface area contributed by atoms with E-state index < -0.39 is 5.97 Å². The van der Waals surface area contributed by atoms with Gasteiger partial charge < -0.3 is 9.47 Å². The molecule has 0 unspecified atom stereocenters. The number of rotatable bonds is 5. The largest absolute Gasteiger partial charge is 0.478 e. The number of nitrogens with zero attached hydrogens (tertiary/aromatic N) is 1. The van der Waals surface area contributed by atoms with E-state index in [1.165, 1.54) is 30.5 Å². The Bertz CT molecular complexity index is 601. The lowest BCUT2D eigenvalue weighted by Crippen LogP contribution is -2.06. The highest BCUT2D eigenvalue weighted by Crippen LogP contribution is 2.12. The minimum absolute atomic E-state index is 0.0168. The van der Waals surface area contributed by atoms with Gasteiger partial charge in [0.15, 0.2) is 0 Å². The van der Waals surface area contributed by atoms with Crippen LogP contribution in [0.1, 0.15) is 22.8 Å². The number of esters is 1. The van der Waals surface area contributed by atoms with Crippen LogP contribution in [-0.4, -0.2) is 17.6 Å². The summed E-state index contributed by atoms with van der Waals surface area (Å²) in [5.74, 6) is -0.494. The third-order valence-electron chi connectivity index (χ3n) is 2.52. The Morgan fingerprint density at radius 3 is 2.90 bits per heavy atom. The number of hydrogen-bond donors (Lipinski definition) is 0. The molecule has 0 N–H and O–H groups in total. The number of ether oxygens (including phenoxy) is 2. The standard InChI is InChI=1S/C15H14FNO3/c1-2-19-14-9-12(6-7-17-14)15(18)20-10-11-4-3-5-13(16)8-11/h3-9H,2,10H2,1H3. The van der Waals surface area contributed by atoms with E-state index in [-0.39, 0.29) is 12.4 Å². The molecular weight excluding hydrogens is 261 g/mol. The first-order valence-electron chi connectivity index (χ1n) is 6.19. The van der Waals surface area contributed by atoms with E-state index in [9.17, 15) is 9.18 Å². The molecular formula is C15H14FNO3. The lowest BCUT2D eigenvalue weighted by atomic mass is 10.2. The van der Waals surface area contributed by atoms with E-state index in [2.05, 4.69) is 4.98 Å². The predicted octanol–water partition coefficient (Wildman–Crippen LogP) is 2.98. The van der Waals surface area contributed by atoms with E-state index in [0.717, 1.165) is 0 Å². The Morgan fingerprint density at radius 1 is 1.30 bits per heavy atom. The first kappa shape index (κ1) is 14.0. The van der Waals surface area contributed by atoms with Crippen LogP contribution in [-0.2, 0) is 11.3 Å². The van der Waals surface area contributed by atoms with Gasteiger partial charge in [0, 0.05) is 12.3 Å². The summed E-state index contributed by atoms with van der Waals surface area (Å²) in [5.41, 5.74) is 0.942. The highest BCUT2D eigenvalue weighted by molar-refractivity contribution is 5.89. The Labute approximate surface area is 116 Å². The zero-order valence-electron chi connectivity index (χ0n) is 11.0. The van der Waals surface area contributed by atoms with Crippen molar-refractivity contribution < 1.29 is 18.7 Å². The zero-order valence-corrected chi connectivity index (χ0v) is 11.0. The van der Waals surface area contributed by atoms with Gasteiger partial charge in [-0.15, -0.1) is 0 Å². The normalized spacial score (nSPS) is 10.1. The van der Waals surface area contributed by atoms with Gasteiger partial charge in [-0.1, -0.05) is 12.1 Å². The smallest absolute Gasteiger partial charge is 0.338 e. The molecule has 104 valence electrons. The first-order chi connectivity index (χ1) is 9.69. The number of carbonyl (C=O) groups is 1. The number of hydrogen-bond acceptors (Lipinski definition) is 4. The van der Waals surface area contributed by atoms with E-state index >= 15 is 0 Å². The van der Waals surface area contributed by atoms with E-state index in [1.54, 1.807) is 12.1 Å². The molecule has 0 aliphatic carbocycles. The second-order valence-electron chi connectivity index (χ2n) is 4.02. The van der Waals surface area contributed by atoms with Crippen LogP contribution in [0, 0.1) is 5.82 Å². The molecule has 0 aliphatic heterocycles. The van der Waals surface area contributed by atoms with Crippen LogP contribution in [0.4, 0.5) is 4.39 Å². The highest BCUT2D eigenvalue weighted by atomic mass is 19.1. The average Bonchev–Trinajstić information content (AvgIpc) is 2.45. The number of pyridine rings is 1. The third-order valence-corrected chi connectivity index (χ3v) is 2.52.